The number of rotatable bonds is 4. The first-order chi connectivity index (χ1) is 10.4. The molecule has 22 heavy (non-hydrogen) atoms. The molecule has 0 atom stereocenters. The summed E-state index contributed by atoms with van der Waals surface area (Å²) < 4.78 is 27.6. The van der Waals surface area contributed by atoms with Crippen molar-refractivity contribution in [3.63, 3.8) is 0 Å². The average Bonchev–Trinajstić information content (AvgIpc) is 3.14. The number of hydrogen-bond acceptors (Lipinski definition) is 4. The maximum absolute atomic E-state index is 12.6. The summed E-state index contributed by atoms with van der Waals surface area (Å²) in [5.41, 5.74) is 0.409. The molecule has 0 aliphatic carbocycles. The van der Waals surface area contributed by atoms with E-state index < -0.39 is 16.0 Å². The summed E-state index contributed by atoms with van der Waals surface area (Å²) >= 11 is 1.08. The van der Waals surface area contributed by atoms with Gasteiger partial charge in [-0.1, -0.05) is 24.3 Å². The number of benzene rings is 1. The Balaban J connectivity index is 2.25. The number of aromatic carboxylic acids is 1. The van der Waals surface area contributed by atoms with E-state index in [2.05, 4.69) is 0 Å². The van der Waals surface area contributed by atoms with Gasteiger partial charge in [-0.15, -0.1) is 11.3 Å². The van der Waals surface area contributed by atoms with Gasteiger partial charge in [-0.2, -0.15) is 8.42 Å². The van der Waals surface area contributed by atoms with E-state index in [-0.39, 0.29) is 9.90 Å². The van der Waals surface area contributed by atoms with Gasteiger partial charge in [-0.3, -0.25) is 0 Å². The third-order valence-electron chi connectivity index (χ3n) is 3.28. The maximum Gasteiger partial charge on any atom is 0.354 e. The fourth-order valence-corrected chi connectivity index (χ4v) is 4.57. The average molecular weight is 336 g/mol. The molecule has 0 unspecified atom stereocenters. The number of carboxylic acid groups (broad SMARTS) is 1. The Morgan fingerprint density at radius 1 is 1.23 bits per heavy atom. The molecule has 2 aromatic heterocycles. The first-order valence-electron chi connectivity index (χ1n) is 6.29. The zero-order valence-corrected chi connectivity index (χ0v) is 13.1. The first-order valence-corrected chi connectivity index (χ1v) is 8.61. The van der Waals surface area contributed by atoms with Crippen LogP contribution in [0, 0.1) is 0 Å². The van der Waals surface area contributed by atoms with Gasteiger partial charge in [0.1, 0.15) is 9.90 Å². The summed E-state index contributed by atoms with van der Waals surface area (Å²) in [6.07, 6.45) is 0. The molecule has 2 heterocycles. The minimum Gasteiger partial charge on any atom is -0.477 e. The molecule has 114 valence electrons. The van der Waals surface area contributed by atoms with Gasteiger partial charge in [-0.25, -0.2) is 13.9 Å². The van der Waals surface area contributed by atoms with Crippen LogP contribution in [0.1, 0.15) is 10.5 Å². The molecule has 0 saturated heterocycles. The smallest absolute Gasteiger partial charge is 0.354 e. The number of carbonyl (C=O) groups is 1. The van der Waals surface area contributed by atoms with Crippen LogP contribution in [0.25, 0.3) is 10.9 Å². The molecule has 0 bridgehead atoms. The lowest BCUT2D eigenvalue weighted by Crippen LogP contribution is -2.37. The Morgan fingerprint density at radius 3 is 2.59 bits per heavy atom. The molecule has 0 fully saturated rings. The number of nitrogens with zero attached hydrogens (tertiary/aromatic N) is 2. The van der Waals surface area contributed by atoms with Gasteiger partial charge in [0.15, 0.2) is 0 Å². The molecule has 3 rings (SSSR count). The van der Waals surface area contributed by atoms with E-state index in [1.54, 1.807) is 35.7 Å². The number of aromatic nitrogens is 1. The van der Waals surface area contributed by atoms with Crippen molar-refractivity contribution in [2.45, 2.75) is 4.21 Å². The third-order valence-corrected chi connectivity index (χ3v) is 6.37. The summed E-state index contributed by atoms with van der Waals surface area (Å²) in [4.78, 5) is 11.5. The van der Waals surface area contributed by atoms with Crippen LogP contribution in [-0.4, -0.2) is 31.2 Å². The van der Waals surface area contributed by atoms with Crippen LogP contribution in [0.3, 0.4) is 0 Å². The van der Waals surface area contributed by atoms with E-state index in [9.17, 15) is 18.3 Å². The number of sulfonamides is 1. The first kappa shape index (κ1) is 14.6. The van der Waals surface area contributed by atoms with E-state index >= 15 is 0 Å². The highest BCUT2D eigenvalue weighted by Crippen LogP contribution is 2.25. The molecule has 0 aliphatic rings. The third kappa shape index (κ3) is 2.16. The molecule has 3 aromatic rings. The SMILES string of the molecule is CN(n1c(C(=O)O)cc2ccccc21)S(=O)(=O)c1cccs1. The van der Waals surface area contributed by atoms with Crippen molar-refractivity contribution in [3.8, 4) is 0 Å². The van der Waals surface area contributed by atoms with E-state index in [4.69, 9.17) is 0 Å². The number of fused-ring (bicyclic) bond motifs is 1. The number of carboxylic acids is 1. The van der Waals surface area contributed by atoms with Crippen LogP contribution in [0.15, 0.2) is 52.1 Å². The van der Waals surface area contributed by atoms with Crippen LogP contribution in [0.4, 0.5) is 0 Å². The predicted molar refractivity (Wildman–Crippen MR) is 84.5 cm³/mol. The summed E-state index contributed by atoms with van der Waals surface area (Å²) in [5.74, 6) is -1.19. The fraction of sp³-hybridized carbons (Fsp3) is 0.0714. The van der Waals surface area contributed by atoms with Crippen molar-refractivity contribution in [2.75, 3.05) is 11.5 Å². The standard InChI is InChI=1S/C14H12N2O4S2/c1-15(22(19,20)13-7-4-8-21-13)16-11-6-3-2-5-10(11)9-12(16)14(17)18/h2-9H,1H3,(H,17,18). The van der Waals surface area contributed by atoms with Crippen molar-refractivity contribution in [3.05, 3.63) is 53.5 Å². The van der Waals surface area contributed by atoms with Gasteiger partial charge in [0.2, 0.25) is 0 Å². The quantitative estimate of drug-likeness (QED) is 0.793. The molecule has 0 aliphatic heterocycles. The zero-order chi connectivity index (χ0) is 15.9. The van der Waals surface area contributed by atoms with Crippen LogP contribution in [-0.2, 0) is 10.0 Å². The topological polar surface area (TPSA) is 79.6 Å². The second kappa shape index (κ2) is 5.15. The molecule has 6 nitrogen and oxygen atoms in total. The summed E-state index contributed by atoms with van der Waals surface area (Å²) in [7, 11) is -2.47. The molecule has 0 saturated carbocycles. The lowest BCUT2D eigenvalue weighted by Gasteiger charge is -2.22. The highest BCUT2D eigenvalue weighted by Gasteiger charge is 2.27. The summed E-state index contributed by atoms with van der Waals surface area (Å²) in [6.45, 7) is 0. The molecular formula is C14H12N2O4S2. The van der Waals surface area contributed by atoms with Crippen molar-refractivity contribution >= 4 is 38.2 Å². The Morgan fingerprint density at radius 2 is 1.95 bits per heavy atom. The lowest BCUT2D eigenvalue weighted by atomic mass is 10.2. The largest absolute Gasteiger partial charge is 0.477 e. The van der Waals surface area contributed by atoms with Gasteiger partial charge >= 0.3 is 5.97 Å². The number of hydrogen-bond donors (Lipinski definition) is 1. The van der Waals surface area contributed by atoms with Gasteiger partial charge in [0.05, 0.1) is 5.52 Å². The Labute approximate surface area is 130 Å². The van der Waals surface area contributed by atoms with Gasteiger partial charge < -0.3 is 5.11 Å². The van der Waals surface area contributed by atoms with Crippen LogP contribution >= 0.6 is 11.3 Å². The minimum absolute atomic E-state index is 0.108. The lowest BCUT2D eigenvalue weighted by molar-refractivity contribution is 0.0686. The molecule has 0 amide bonds. The van der Waals surface area contributed by atoms with Crippen LogP contribution in [0.2, 0.25) is 0 Å². The Kier molecular flexibility index (Phi) is 3.42. The number of thiophene rings is 1. The predicted octanol–water partition coefficient (Wildman–Crippen LogP) is 2.36. The molecule has 0 spiro atoms. The van der Waals surface area contributed by atoms with Crippen LogP contribution in [0.5, 0.6) is 0 Å². The van der Waals surface area contributed by atoms with E-state index in [1.165, 1.54) is 23.9 Å². The molecular weight excluding hydrogens is 324 g/mol. The molecule has 1 aromatic carbocycles. The minimum atomic E-state index is -3.81. The maximum atomic E-state index is 12.6. The molecule has 1 N–H and O–H groups in total. The Hall–Kier alpha value is -2.32. The van der Waals surface area contributed by atoms with E-state index in [1.807, 2.05) is 0 Å². The summed E-state index contributed by atoms with van der Waals surface area (Å²) in [6, 6.07) is 11.5. The molecule has 0 radical (unpaired) electrons. The monoisotopic (exact) mass is 336 g/mol. The van der Waals surface area contributed by atoms with E-state index in [0.29, 0.717) is 10.9 Å². The normalized spacial score (nSPS) is 11.7. The van der Waals surface area contributed by atoms with Crippen molar-refractivity contribution < 1.29 is 18.3 Å². The Bertz CT molecular complexity index is 943. The highest BCUT2D eigenvalue weighted by atomic mass is 32.2. The van der Waals surface area contributed by atoms with Gasteiger partial charge in [-0.05, 0) is 23.6 Å². The fourth-order valence-electron chi connectivity index (χ4n) is 2.24. The zero-order valence-electron chi connectivity index (χ0n) is 11.5. The van der Waals surface area contributed by atoms with Crippen molar-refractivity contribution in [2.24, 2.45) is 0 Å². The van der Waals surface area contributed by atoms with Crippen LogP contribution < -0.4 is 4.41 Å². The highest BCUT2D eigenvalue weighted by molar-refractivity contribution is 7.94. The second-order valence-electron chi connectivity index (χ2n) is 4.58. The van der Waals surface area contributed by atoms with Gasteiger partial charge in [0, 0.05) is 12.4 Å². The van der Waals surface area contributed by atoms with Crippen molar-refractivity contribution in [1.82, 2.24) is 4.68 Å². The van der Waals surface area contributed by atoms with E-state index in [0.717, 1.165) is 15.8 Å². The summed E-state index contributed by atoms with van der Waals surface area (Å²) in [5, 5.41) is 11.7. The number of para-hydroxylation sites is 1. The molecule has 8 heteroatoms. The second-order valence-corrected chi connectivity index (χ2v) is 7.70. The van der Waals surface area contributed by atoms with Gasteiger partial charge in [0.25, 0.3) is 10.0 Å². The van der Waals surface area contributed by atoms with Crippen molar-refractivity contribution in [1.29, 1.82) is 0 Å².